The predicted octanol–water partition coefficient (Wildman–Crippen LogP) is 2.40. The first-order valence-corrected chi connectivity index (χ1v) is 8.29. The first-order valence-electron chi connectivity index (χ1n) is 8.29. The van der Waals surface area contributed by atoms with E-state index in [9.17, 15) is 0 Å². The molecule has 2 N–H and O–H groups in total. The monoisotopic (exact) mass is 248 g/mol. The Bertz CT molecular complexity index is 288. The van der Waals surface area contributed by atoms with Crippen LogP contribution in [0.4, 0.5) is 0 Å². The molecule has 102 valence electrons. The molecule has 3 aliphatic carbocycles. The lowest BCUT2D eigenvalue weighted by Gasteiger charge is -2.24. The number of hydrogen-bond donors (Lipinski definition) is 2. The van der Waals surface area contributed by atoms with Crippen LogP contribution in [0, 0.1) is 29.1 Å². The van der Waals surface area contributed by atoms with Crippen LogP contribution in [0.2, 0.25) is 0 Å². The number of hydrogen-bond acceptors (Lipinski definition) is 2. The van der Waals surface area contributed by atoms with Crippen molar-refractivity contribution in [2.75, 3.05) is 26.2 Å². The molecule has 1 aliphatic heterocycles. The van der Waals surface area contributed by atoms with E-state index >= 15 is 0 Å². The lowest BCUT2D eigenvalue weighted by Crippen LogP contribution is -2.32. The zero-order valence-electron chi connectivity index (χ0n) is 11.6. The maximum absolute atomic E-state index is 3.84. The van der Waals surface area contributed by atoms with E-state index in [4.69, 9.17) is 0 Å². The van der Waals surface area contributed by atoms with E-state index in [1.54, 1.807) is 0 Å². The van der Waals surface area contributed by atoms with Crippen LogP contribution in [0.25, 0.3) is 0 Å². The van der Waals surface area contributed by atoms with Gasteiger partial charge in [-0.2, -0.15) is 0 Å². The van der Waals surface area contributed by atoms with Crippen molar-refractivity contribution in [3.63, 3.8) is 0 Å². The average molecular weight is 248 g/mol. The van der Waals surface area contributed by atoms with E-state index in [0.717, 1.165) is 29.1 Å². The van der Waals surface area contributed by atoms with E-state index in [1.165, 1.54) is 71.1 Å². The third kappa shape index (κ3) is 2.34. The maximum Gasteiger partial charge on any atom is -0.00149 e. The Morgan fingerprint density at radius 1 is 1.06 bits per heavy atom. The Morgan fingerprint density at radius 3 is 2.33 bits per heavy atom. The summed E-state index contributed by atoms with van der Waals surface area (Å²) in [6.07, 6.45) is 10.5. The standard InChI is InChI=1S/C16H28N2/c1-2-12(1)15(13-3-4-13)11-18-10-14-9-16(14)5-7-17-8-6-16/h12-15,17-18H,1-11H2. The SMILES string of the molecule is C1CC2(CCN1)CC2CNCC(C1CC1)C1CC1. The van der Waals surface area contributed by atoms with Crippen molar-refractivity contribution < 1.29 is 0 Å². The molecule has 2 heteroatoms. The van der Waals surface area contributed by atoms with Gasteiger partial charge in [-0.3, -0.25) is 0 Å². The fraction of sp³-hybridized carbons (Fsp3) is 1.00. The highest BCUT2D eigenvalue weighted by molar-refractivity contribution is 5.05. The fourth-order valence-corrected chi connectivity index (χ4v) is 4.45. The van der Waals surface area contributed by atoms with Gasteiger partial charge in [-0.1, -0.05) is 0 Å². The van der Waals surface area contributed by atoms with Crippen molar-refractivity contribution in [1.29, 1.82) is 0 Å². The molecule has 0 aromatic heterocycles. The third-order valence-corrected chi connectivity index (χ3v) is 6.18. The van der Waals surface area contributed by atoms with E-state index in [-0.39, 0.29) is 0 Å². The van der Waals surface area contributed by atoms with Gasteiger partial charge in [-0.15, -0.1) is 0 Å². The third-order valence-electron chi connectivity index (χ3n) is 6.18. The van der Waals surface area contributed by atoms with Crippen LogP contribution in [0.3, 0.4) is 0 Å². The molecule has 1 atom stereocenters. The van der Waals surface area contributed by atoms with Gasteiger partial charge in [-0.25, -0.2) is 0 Å². The number of piperidine rings is 1. The summed E-state index contributed by atoms with van der Waals surface area (Å²) >= 11 is 0. The molecule has 4 rings (SSSR count). The number of rotatable bonds is 6. The molecular weight excluding hydrogens is 220 g/mol. The van der Waals surface area contributed by atoms with Gasteiger partial charge >= 0.3 is 0 Å². The summed E-state index contributed by atoms with van der Waals surface area (Å²) in [5.41, 5.74) is 0.771. The highest BCUT2D eigenvalue weighted by Gasteiger charge is 2.53. The van der Waals surface area contributed by atoms with Crippen LogP contribution in [-0.4, -0.2) is 26.2 Å². The van der Waals surface area contributed by atoms with Gasteiger partial charge in [0.1, 0.15) is 0 Å². The van der Waals surface area contributed by atoms with Crippen molar-refractivity contribution >= 4 is 0 Å². The smallest absolute Gasteiger partial charge is 0.00149 e. The summed E-state index contributed by atoms with van der Waals surface area (Å²) in [5, 5.41) is 7.34. The molecule has 1 unspecified atom stereocenters. The van der Waals surface area contributed by atoms with Crippen molar-refractivity contribution in [3.05, 3.63) is 0 Å². The topological polar surface area (TPSA) is 24.1 Å². The Balaban J connectivity index is 1.20. The predicted molar refractivity (Wildman–Crippen MR) is 74.5 cm³/mol. The lowest BCUT2D eigenvalue weighted by molar-refractivity contribution is 0.311. The molecule has 0 aromatic rings. The Labute approximate surface area is 111 Å². The van der Waals surface area contributed by atoms with Gasteiger partial charge in [0.05, 0.1) is 0 Å². The Hall–Kier alpha value is -0.0800. The zero-order chi connectivity index (χ0) is 12.0. The van der Waals surface area contributed by atoms with Crippen molar-refractivity contribution in [3.8, 4) is 0 Å². The Morgan fingerprint density at radius 2 is 1.72 bits per heavy atom. The molecular formula is C16H28N2. The first-order chi connectivity index (χ1) is 8.87. The Kier molecular flexibility index (Phi) is 2.92. The van der Waals surface area contributed by atoms with Crippen LogP contribution < -0.4 is 10.6 Å². The van der Waals surface area contributed by atoms with Gasteiger partial charge in [-0.05, 0) is 100 Å². The molecule has 18 heavy (non-hydrogen) atoms. The van der Waals surface area contributed by atoms with Gasteiger partial charge < -0.3 is 10.6 Å². The largest absolute Gasteiger partial charge is 0.317 e. The summed E-state index contributed by atoms with van der Waals surface area (Å²) in [6, 6.07) is 0. The minimum absolute atomic E-state index is 0.771. The van der Waals surface area contributed by atoms with E-state index in [2.05, 4.69) is 10.6 Å². The fourth-order valence-electron chi connectivity index (χ4n) is 4.45. The minimum atomic E-state index is 0.771. The van der Waals surface area contributed by atoms with Crippen LogP contribution in [0.1, 0.15) is 44.9 Å². The summed E-state index contributed by atoms with van der Waals surface area (Å²) in [4.78, 5) is 0. The maximum atomic E-state index is 3.84. The summed E-state index contributed by atoms with van der Waals surface area (Å²) < 4.78 is 0. The molecule has 2 nitrogen and oxygen atoms in total. The molecule has 3 saturated carbocycles. The van der Waals surface area contributed by atoms with E-state index in [1.807, 2.05) is 0 Å². The summed E-state index contributed by atoms with van der Waals surface area (Å²) in [6.45, 7) is 5.18. The molecule has 0 radical (unpaired) electrons. The summed E-state index contributed by atoms with van der Waals surface area (Å²) in [5.74, 6) is 4.28. The quantitative estimate of drug-likeness (QED) is 0.754. The molecule has 0 bridgehead atoms. The van der Waals surface area contributed by atoms with E-state index in [0.29, 0.717) is 0 Å². The molecule has 0 aromatic carbocycles. The van der Waals surface area contributed by atoms with Crippen molar-refractivity contribution in [1.82, 2.24) is 10.6 Å². The van der Waals surface area contributed by atoms with Gasteiger partial charge in [0.25, 0.3) is 0 Å². The average Bonchev–Trinajstić information content (AvgIpc) is 3.20. The van der Waals surface area contributed by atoms with Gasteiger partial charge in [0.2, 0.25) is 0 Å². The second-order valence-corrected chi connectivity index (χ2v) is 7.51. The summed E-state index contributed by atoms with van der Waals surface area (Å²) in [7, 11) is 0. The second-order valence-electron chi connectivity index (χ2n) is 7.51. The van der Waals surface area contributed by atoms with Crippen LogP contribution in [0.5, 0.6) is 0 Å². The molecule has 0 amide bonds. The second kappa shape index (κ2) is 4.49. The van der Waals surface area contributed by atoms with E-state index < -0.39 is 0 Å². The van der Waals surface area contributed by atoms with Crippen LogP contribution in [-0.2, 0) is 0 Å². The van der Waals surface area contributed by atoms with Gasteiger partial charge in [0.15, 0.2) is 0 Å². The van der Waals surface area contributed by atoms with Crippen molar-refractivity contribution in [2.45, 2.75) is 44.9 Å². The number of nitrogens with one attached hydrogen (secondary N) is 2. The van der Waals surface area contributed by atoms with Crippen LogP contribution >= 0.6 is 0 Å². The molecule has 4 fully saturated rings. The highest BCUT2D eigenvalue weighted by Crippen LogP contribution is 2.58. The van der Waals surface area contributed by atoms with Crippen molar-refractivity contribution in [2.24, 2.45) is 29.1 Å². The highest BCUT2D eigenvalue weighted by atomic mass is 14.9. The molecule has 1 spiro atoms. The normalized spacial score (nSPS) is 34.2. The molecule has 4 aliphatic rings. The zero-order valence-corrected chi connectivity index (χ0v) is 11.6. The van der Waals surface area contributed by atoms with Gasteiger partial charge in [0, 0.05) is 0 Å². The lowest BCUT2D eigenvalue weighted by atomic mass is 9.92. The molecule has 1 saturated heterocycles. The first kappa shape index (κ1) is 11.7. The molecule has 1 heterocycles. The van der Waals surface area contributed by atoms with Crippen LogP contribution in [0.15, 0.2) is 0 Å². The minimum Gasteiger partial charge on any atom is -0.317 e.